The Balaban J connectivity index is 1.38. The number of nitrogens with zero attached hydrogens (tertiary/aromatic N) is 1. The number of hydrogen-bond donors (Lipinski definition) is 2. The van der Waals surface area contributed by atoms with Crippen molar-refractivity contribution in [3.8, 4) is 16.9 Å². The first-order chi connectivity index (χ1) is 16.2. The van der Waals surface area contributed by atoms with Crippen molar-refractivity contribution in [1.29, 1.82) is 0 Å². The molecule has 172 valence electrons. The van der Waals surface area contributed by atoms with Crippen molar-refractivity contribution in [2.45, 2.75) is 6.04 Å². The molecule has 1 fully saturated rings. The Kier molecular flexibility index (Phi) is 8.09. The lowest BCUT2D eigenvalue weighted by molar-refractivity contribution is -0.115. The van der Waals surface area contributed by atoms with Crippen molar-refractivity contribution >= 4 is 11.6 Å². The van der Waals surface area contributed by atoms with Crippen LogP contribution in [0.4, 0.5) is 5.69 Å². The van der Waals surface area contributed by atoms with Crippen molar-refractivity contribution in [2.75, 3.05) is 51.8 Å². The molecule has 0 aromatic heterocycles. The number of para-hydroxylation sites is 1. The van der Waals surface area contributed by atoms with Crippen LogP contribution in [0.3, 0.4) is 0 Å². The summed E-state index contributed by atoms with van der Waals surface area (Å²) in [5.41, 5.74) is 4.10. The van der Waals surface area contributed by atoms with E-state index in [0.717, 1.165) is 48.9 Å². The molecule has 1 atom stereocenters. The number of benzene rings is 3. The normalized spacial score (nSPS) is 15.1. The fraction of sp³-hybridized carbons (Fsp3) is 0.296. The van der Waals surface area contributed by atoms with E-state index in [9.17, 15) is 4.79 Å². The van der Waals surface area contributed by atoms with Crippen molar-refractivity contribution in [3.05, 3.63) is 84.4 Å². The number of methoxy groups -OCH3 is 1. The van der Waals surface area contributed by atoms with Crippen molar-refractivity contribution in [1.82, 2.24) is 10.2 Å². The van der Waals surface area contributed by atoms with Crippen LogP contribution in [-0.2, 0) is 9.53 Å². The van der Waals surface area contributed by atoms with Crippen LogP contribution < -0.4 is 15.4 Å². The summed E-state index contributed by atoms with van der Waals surface area (Å²) in [6.45, 7) is 4.09. The van der Waals surface area contributed by atoms with Gasteiger partial charge in [-0.25, -0.2) is 0 Å². The predicted molar refractivity (Wildman–Crippen MR) is 132 cm³/mol. The molecule has 1 amide bonds. The minimum atomic E-state index is -0.0613. The number of anilines is 1. The molecule has 0 unspecified atom stereocenters. The van der Waals surface area contributed by atoms with Gasteiger partial charge in [-0.15, -0.1) is 0 Å². The Morgan fingerprint density at radius 1 is 0.970 bits per heavy atom. The number of carbonyl (C=O) groups is 1. The number of morpholine rings is 1. The second kappa shape index (κ2) is 11.6. The molecule has 1 heterocycles. The van der Waals surface area contributed by atoms with Gasteiger partial charge in [0.1, 0.15) is 5.75 Å². The molecule has 2 N–H and O–H groups in total. The summed E-state index contributed by atoms with van der Waals surface area (Å²) < 4.78 is 10.8. The molecule has 33 heavy (non-hydrogen) atoms. The quantitative estimate of drug-likeness (QED) is 0.522. The van der Waals surface area contributed by atoms with Crippen LogP contribution in [0.25, 0.3) is 11.1 Å². The first-order valence-corrected chi connectivity index (χ1v) is 11.4. The third-order valence-corrected chi connectivity index (χ3v) is 5.90. The highest BCUT2D eigenvalue weighted by molar-refractivity contribution is 5.96. The van der Waals surface area contributed by atoms with E-state index in [1.165, 1.54) is 5.56 Å². The minimum Gasteiger partial charge on any atom is -0.497 e. The maximum Gasteiger partial charge on any atom is 0.238 e. The summed E-state index contributed by atoms with van der Waals surface area (Å²) in [6.07, 6.45) is 0. The summed E-state index contributed by atoms with van der Waals surface area (Å²) in [5.74, 6) is 0.776. The van der Waals surface area contributed by atoms with Gasteiger partial charge in [-0.2, -0.15) is 0 Å². The molecule has 3 aromatic rings. The first-order valence-electron chi connectivity index (χ1n) is 11.4. The fourth-order valence-electron chi connectivity index (χ4n) is 4.15. The summed E-state index contributed by atoms with van der Waals surface area (Å²) in [5, 5.41) is 6.43. The molecule has 0 bridgehead atoms. The average Bonchev–Trinajstić information content (AvgIpc) is 2.88. The van der Waals surface area contributed by atoms with E-state index < -0.39 is 0 Å². The van der Waals surface area contributed by atoms with Gasteiger partial charge in [0.15, 0.2) is 0 Å². The highest BCUT2D eigenvalue weighted by atomic mass is 16.5. The zero-order valence-electron chi connectivity index (χ0n) is 19.0. The average molecular weight is 446 g/mol. The molecule has 6 nitrogen and oxygen atoms in total. The number of hydrogen-bond acceptors (Lipinski definition) is 5. The zero-order chi connectivity index (χ0) is 22.9. The van der Waals surface area contributed by atoms with Crippen molar-refractivity contribution < 1.29 is 14.3 Å². The van der Waals surface area contributed by atoms with E-state index in [4.69, 9.17) is 9.47 Å². The van der Waals surface area contributed by atoms with Gasteiger partial charge >= 0.3 is 0 Å². The second-order valence-electron chi connectivity index (χ2n) is 8.03. The first kappa shape index (κ1) is 23.0. The third kappa shape index (κ3) is 6.20. The zero-order valence-corrected chi connectivity index (χ0v) is 19.0. The second-order valence-corrected chi connectivity index (χ2v) is 8.03. The molecule has 3 aromatic carbocycles. The van der Waals surface area contributed by atoms with Crippen LogP contribution in [0.1, 0.15) is 11.6 Å². The standard InChI is InChI=1S/C27H31N3O3/c1-32-23-13-11-22(12-14-23)26(30-15-17-33-18-16-30)19-28-20-27(31)29-25-10-6-5-9-24(25)21-7-3-2-4-8-21/h2-14,26,28H,15-20H2,1H3,(H,29,31)/t26-/m1/s1. The molecular formula is C27H31N3O3. The van der Waals surface area contributed by atoms with Gasteiger partial charge in [-0.05, 0) is 29.3 Å². The van der Waals surface area contributed by atoms with E-state index in [1.807, 2.05) is 66.7 Å². The highest BCUT2D eigenvalue weighted by Gasteiger charge is 2.22. The maximum atomic E-state index is 12.8. The van der Waals surface area contributed by atoms with Crippen LogP contribution in [-0.4, -0.2) is 57.3 Å². The van der Waals surface area contributed by atoms with Crippen molar-refractivity contribution in [2.24, 2.45) is 0 Å². The summed E-state index contributed by atoms with van der Waals surface area (Å²) in [4.78, 5) is 15.2. The lowest BCUT2D eigenvalue weighted by atomic mass is 10.0. The molecule has 0 spiro atoms. The predicted octanol–water partition coefficient (Wildman–Crippen LogP) is 3.96. The molecule has 6 heteroatoms. The topological polar surface area (TPSA) is 62.8 Å². The van der Waals surface area contributed by atoms with Gasteiger partial charge in [-0.1, -0.05) is 60.7 Å². The van der Waals surface area contributed by atoms with Gasteiger partial charge in [0.25, 0.3) is 0 Å². The third-order valence-electron chi connectivity index (χ3n) is 5.90. The molecule has 0 saturated carbocycles. The van der Waals surface area contributed by atoms with Gasteiger partial charge in [0.2, 0.25) is 5.91 Å². The summed E-state index contributed by atoms with van der Waals surface area (Å²) in [7, 11) is 1.67. The summed E-state index contributed by atoms with van der Waals surface area (Å²) in [6, 6.07) is 26.3. The number of nitrogens with one attached hydrogen (secondary N) is 2. The fourth-order valence-corrected chi connectivity index (χ4v) is 4.15. The number of ether oxygens (including phenoxy) is 2. The van der Waals surface area contributed by atoms with Crippen LogP contribution in [0, 0.1) is 0 Å². The SMILES string of the molecule is COc1ccc([C@@H](CNCC(=O)Nc2ccccc2-c2ccccc2)N2CCOCC2)cc1. The van der Waals surface area contributed by atoms with Crippen LogP contribution >= 0.6 is 0 Å². The monoisotopic (exact) mass is 445 g/mol. The Labute approximate surface area is 195 Å². The molecule has 1 aliphatic rings. The Hall–Kier alpha value is -3.19. The molecule has 1 saturated heterocycles. The van der Waals surface area contributed by atoms with Gasteiger partial charge in [-0.3, -0.25) is 9.69 Å². The summed E-state index contributed by atoms with van der Waals surface area (Å²) >= 11 is 0. The lowest BCUT2D eigenvalue weighted by Crippen LogP contribution is -2.43. The molecule has 4 rings (SSSR count). The van der Waals surface area contributed by atoms with Crippen LogP contribution in [0.2, 0.25) is 0 Å². The van der Waals surface area contributed by atoms with Gasteiger partial charge in [0, 0.05) is 36.9 Å². The minimum absolute atomic E-state index is 0.0613. The molecule has 1 aliphatic heterocycles. The Morgan fingerprint density at radius 3 is 2.39 bits per heavy atom. The number of carbonyl (C=O) groups excluding carboxylic acids is 1. The Morgan fingerprint density at radius 2 is 1.67 bits per heavy atom. The molecule has 0 radical (unpaired) electrons. The Bertz CT molecular complexity index is 1020. The number of amides is 1. The van der Waals surface area contributed by atoms with E-state index in [-0.39, 0.29) is 18.5 Å². The van der Waals surface area contributed by atoms with Gasteiger partial charge < -0.3 is 20.1 Å². The highest BCUT2D eigenvalue weighted by Crippen LogP contribution is 2.27. The maximum absolute atomic E-state index is 12.8. The van der Waals surface area contributed by atoms with Crippen LogP contribution in [0.15, 0.2) is 78.9 Å². The van der Waals surface area contributed by atoms with E-state index in [0.29, 0.717) is 6.54 Å². The number of rotatable bonds is 9. The van der Waals surface area contributed by atoms with Crippen LogP contribution in [0.5, 0.6) is 5.75 Å². The van der Waals surface area contributed by atoms with Crippen molar-refractivity contribution in [3.63, 3.8) is 0 Å². The lowest BCUT2D eigenvalue weighted by Gasteiger charge is -2.35. The molecular weight excluding hydrogens is 414 g/mol. The van der Waals surface area contributed by atoms with E-state index in [1.54, 1.807) is 7.11 Å². The van der Waals surface area contributed by atoms with Gasteiger partial charge in [0.05, 0.1) is 26.9 Å². The molecule has 0 aliphatic carbocycles. The van der Waals surface area contributed by atoms with E-state index in [2.05, 4.69) is 27.7 Å². The largest absolute Gasteiger partial charge is 0.497 e. The van der Waals surface area contributed by atoms with E-state index >= 15 is 0 Å². The smallest absolute Gasteiger partial charge is 0.238 e.